The summed E-state index contributed by atoms with van der Waals surface area (Å²) in [6.45, 7) is 0.353. The molecule has 3 nitrogen and oxygen atoms in total. The highest BCUT2D eigenvalue weighted by Crippen LogP contribution is 2.17. The molecule has 18 heavy (non-hydrogen) atoms. The van der Waals surface area contributed by atoms with Crippen molar-refractivity contribution in [3.05, 3.63) is 34.1 Å². The molecule has 0 radical (unpaired) electrons. The van der Waals surface area contributed by atoms with E-state index in [0.29, 0.717) is 18.5 Å². The molecule has 6 heteroatoms. The van der Waals surface area contributed by atoms with Crippen LogP contribution >= 0.6 is 15.9 Å². The van der Waals surface area contributed by atoms with Gasteiger partial charge in [0.05, 0.1) is 11.5 Å². The largest absolute Gasteiger partial charge is 0.309 e. The van der Waals surface area contributed by atoms with E-state index < -0.39 is 9.84 Å². The third-order valence-electron chi connectivity index (χ3n) is 3.05. The quantitative estimate of drug-likeness (QED) is 0.921. The fourth-order valence-electron chi connectivity index (χ4n) is 2.12. The molecule has 1 saturated heterocycles. The predicted molar refractivity (Wildman–Crippen MR) is 72.6 cm³/mol. The number of hydrogen-bond acceptors (Lipinski definition) is 3. The SMILES string of the molecule is O=S1(=O)CCCC(NCc2cc(Br)ccc2F)C1. The van der Waals surface area contributed by atoms with Crippen LogP contribution in [-0.2, 0) is 16.4 Å². The standard InChI is InChI=1S/C12H15BrFNO2S/c13-10-3-4-12(14)9(6-10)7-15-11-2-1-5-18(16,17)8-11/h3-4,6,11,15H,1-2,5,7-8H2. The summed E-state index contributed by atoms with van der Waals surface area (Å²) in [5, 5.41) is 3.12. The van der Waals surface area contributed by atoms with Crippen LogP contribution in [0.1, 0.15) is 18.4 Å². The van der Waals surface area contributed by atoms with Crippen molar-refractivity contribution < 1.29 is 12.8 Å². The summed E-state index contributed by atoms with van der Waals surface area (Å²) in [5.74, 6) is 0.156. The zero-order valence-corrected chi connectivity index (χ0v) is 12.2. The second kappa shape index (κ2) is 5.67. The number of nitrogens with one attached hydrogen (secondary N) is 1. The van der Waals surface area contributed by atoms with Gasteiger partial charge in [-0.2, -0.15) is 0 Å². The summed E-state index contributed by atoms with van der Waals surface area (Å²) in [4.78, 5) is 0. The summed E-state index contributed by atoms with van der Waals surface area (Å²) in [6, 6.07) is 4.68. The Hall–Kier alpha value is -0.460. The van der Waals surface area contributed by atoms with Crippen molar-refractivity contribution in [1.82, 2.24) is 5.32 Å². The molecule has 0 amide bonds. The lowest BCUT2D eigenvalue weighted by Crippen LogP contribution is -2.39. The van der Waals surface area contributed by atoms with E-state index >= 15 is 0 Å². The van der Waals surface area contributed by atoms with Crippen LogP contribution in [0.4, 0.5) is 4.39 Å². The Morgan fingerprint density at radius 2 is 2.22 bits per heavy atom. The second-order valence-electron chi connectivity index (χ2n) is 4.57. The number of halogens is 2. The first-order valence-corrected chi connectivity index (χ1v) is 8.45. The van der Waals surface area contributed by atoms with E-state index in [2.05, 4.69) is 21.2 Å². The van der Waals surface area contributed by atoms with Crippen LogP contribution in [-0.4, -0.2) is 26.0 Å². The molecule has 1 aromatic carbocycles. The van der Waals surface area contributed by atoms with Crippen molar-refractivity contribution in [2.24, 2.45) is 0 Å². The predicted octanol–water partition coefficient (Wildman–Crippen LogP) is 2.25. The fraction of sp³-hybridized carbons (Fsp3) is 0.500. The molecule has 1 unspecified atom stereocenters. The molecule has 0 bridgehead atoms. The smallest absolute Gasteiger partial charge is 0.151 e. The van der Waals surface area contributed by atoms with Gasteiger partial charge in [-0.05, 0) is 31.0 Å². The Morgan fingerprint density at radius 3 is 2.94 bits per heavy atom. The van der Waals surface area contributed by atoms with Gasteiger partial charge in [0.1, 0.15) is 5.82 Å². The van der Waals surface area contributed by atoms with Gasteiger partial charge in [0.15, 0.2) is 9.84 Å². The van der Waals surface area contributed by atoms with Crippen LogP contribution in [0.15, 0.2) is 22.7 Å². The van der Waals surface area contributed by atoms with Crippen LogP contribution < -0.4 is 5.32 Å². The first-order chi connectivity index (χ1) is 8.46. The minimum atomic E-state index is -2.92. The number of benzene rings is 1. The van der Waals surface area contributed by atoms with E-state index in [9.17, 15) is 12.8 Å². The minimum absolute atomic E-state index is 0.0675. The van der Waals surface area contributed by atoms with Crippen molar-refractivity contribution in [1.29, 1.82) is 0 Å². The molecular weight excluding hydrogens is 321 g/mol. The fourth-order valence-corrected chi connectivity index (χ4v) is 4.20. The molecule has 1 N–H and O–H groups in total. The Bertz CT molecular complexity index is 533. The van der Waals surface area contributed by atoms with Crippen molar-refractivity contribution in [3.8, 4) is 0 Å². The van der Waals surface area contributed by atoms with E-state index in [4.69, 9.17) is 0 Å². The van der Waals surface area contributed by atoms with E-state index in [-0.39, 0.29) is 23.4 Å². The Labute approximate surface area is 115 Å². The monoisotopic (exact) mass is 335 g/mol. The van der Waals surface area contributed by atoms with Gasteiger partial charge in [-0.25, -0.2) is 12.8 Å². The molecule has 0 saturated carbocycles. The van der Waals surface area contributed by atoms with Gasteiger partial charge < -0.3 is 5.32 Å². The van der Waals surface area contributed by atoms with Crippen LogP contribution in [0, 0.1) is 5.82 Å². The van der Waals surface area contributed by atoms with Gasteiger partial charge in [-0.1, -0.05) is 15.9 Å². The number of hydrogen-bond donors (Lipinski definition) is 1. The van der Waals surface area contributed by atoms with Crippen molar-refractivity contribution in [2.75, 3.05) is 11.5 Å². The minimum Gasteiger partial charge on any atom is -0.309 e. The Balaban J connectivity index is 1.97. The first-order valence-electron chi connectivity index (χ1n) is 5.84. The van der Waals surface area contributed by atoms with E-state index in [1.165, 1.54) is 6.07 Å². The highest BCUT2D eigenvalue weighted by Gasteiger charge is 2.24. The molecule has 1 aromatic rings. The van der Waals surface area contributed by atoms with Gasteiger partial charge >= 0.3 is 0 Å². The summed E-state index contributed by atoms with van der Waals surface area (Å²) < 4.78 is 37.3. The highest BCUT2D eigenvalue weighted by atomic mass is 79.9. The van der Waals surface area contributed by atoms with Crippen LogP contribution in [0.5, 0.6) is 0 Å². The van der Waals surface area contributed by atoms with Gasteiger partial charge in [0.2, 0.25) is 0 Å². The van der Waals surface area contributed by atoms with Gasteiger partial charge in [-0.3, -0.25) is 0 Å². The maximum Gasteiger partial charge on any atom is 0.151 e. The van der Waals surface area contributed by atoms with Gasteiger partial charge in [0.25, 0.3) is 0 Å². The number of rotatable bonds is 3. The average molecular weight is 336 g/mol. The molecule has 1 aliphatic rings. The third kappa shape index (κ3) is 3.76. The van der Waals surface area contributed by atoms with E-state index in [1.807, 2.05) is 0 Å². The molecule has 1 heterocycles. The Morgan fingerprint density at radius 1 is 1.44 bits per heavy atom. The topological polar surface area (TPSA) is 46.2 Å². The van der Waals surface area contributed by atoms with E-state index in [0.717, 1.165) is 10.9 Å². The van der Waals surface area contributed by atoms with Gasteiger partial charge in [-0.15, -0.1) is 0 Å². The molecular formula is C12H15BrFNO2S. The van der Waals surface area contributed by atoms with Crippen LogP contribution in [0.2, 0.25) is 0 Å². The zero-order chi connectivity index (χ0) is 13.2. The molecule has 1 fully saturated rings. The maximum atomic E-state index is 13.5. The summed E-state index contributed by atoms with van der Waals surface area (Å²) in [6.07, 6.45) is 1.51. The van der Waals surface area contributed by atoms with E-state index in [1.54, 1.807) is 12.1 Å². The third-order valence-corrected chi connectivity index (χ3v) is 5.37. The zero-order valence-electron chi connectivity index (χ0n) is 9.83. The number of sulfone groups is 1. The molecule has 0 aromatic heterocycles. The average Bonchev–Trinajstić information content (AvgIpc) is 2.29. The molecule has 100 valence electrons. The van der Waals surface area contributed by atoms with Crippen molar-refractivity contribution in [3.63, 3.8) is 0 Å². The molecule has 1 atom stereocenters. The Kier molecular flexibility index (Phi) is 4.40. The summed E-state index contributed by atoms with van der Waals surface area (Å²) in [5.41, 5.74) is 0.548. The first kappa shape index (κ1) is 14.0. The van der Waals surface area contributed by atoms with Crippen molar-refractivity contribution >= 4 is 25.8 Å². The molecule has 0 aliphatic carbocycles. The van der Waals surface area contributed by atoms with Crippen LogP contribution in [0.25, 0.3) is 0 Å². The maximum absolute atomic E-state index is 13.5. The lowest BCUT2D eigenvalue weighted by molar-refractivity contribution is 0.473. The second-order valence-corrected chi connectivity index (χ2v) is 7.71. The van der Waals surface area contributed by atoms with Crippen LogP contribution in [0.3, 0.4) is 0 Å². The summed E-state index contributed by atoms with van der Waals surface area (Å²) in [7, 11) is -2.92. The summed E-state index contributed by atoms with van der Waals surface area (Å²) >= 11 is 3.29. The molecule has 0 spiro atoms. The highest BCUT2D eigenvalue weighted by molar-refractivity contribution is 9.10. The lowest BCUT2D eigenvalue weighted by Gasteiger charge is -2.23. The molecule has 2 rings (SSSR count). The normalized spacial score (nSPS) is 22.9. The van der Waals surface area contributed by atoms with Crippen molar-refractivity contribution in [2.45, 2.75) is 25.4 Å². The van der Waals surface area contributed by atoms with Gasteiger partial charge in [0, 0.05) is 22.6 Å². The lowest BCUT2D eigenvalue weighted by atomic mass is 10.1. The molecule has 1 aliphatic heterocycles.